The maximum absolute atomic E-state index is 13.2. The molecule has 5 rings (SSSR count). The Hall–Kier alpha value is -3.97. The molecule has 2 aliphatic carbocycles. The minimum Gasteiger partial charge on any atom is -0.494 e. The standard InChI is InChI=1S/C35H40N2O5/c1-41-35(40)31(37-30-14-6-5-13-29(30)33(38)26-9-3-2-4-10-26)23-24-15-19-28(20-16-24)42-22-8-21-36-32(25-17-18-25)34(39)27-11-7-12-27/h2-6,9-10,13-16,19-20,25,27,31-32,36-37H,7-8,11-12,17-18,21-23H2,1H3. The van der Waals surface area contributed by atoms with Gasteiger partial charge in [0, 0.05) is 29.2 Å². The third-order valence-electron chi connectivity index (χ3n) is 8.25. The number of ether oxygens (including phenoxy) is 2. The van der Waals surface area contributed by atoms with E-state index >= 15 is 0 Å². The van der Waals surface area contributed by atoms with Crippen LogP contribution in [0, 0.1) is 11.8 Å². The summed E-state index contributed by atoms with van der Waals surface area (Å²) in [5, 5.41) is 6.75. The fraction of sp³-hybridized carbons (Fsp3) is 0.400. The number of hydrogen-bond donors (Lipinski definition) is 2. The summed E-state index contributed by atoms with van der Waals surface area (Å²) in [5.74, 6) is 1.44. The fourth-order valence-electron chi connectivity index (χ4n) is 5.43. The van der Waals surface area contributed by atoms with E-state index in [2.05, 4.69) is 10.6 Å². The van der Waals surface area contributed by atoms with E-state index in [-0.39, 0.29) is 17.7 Å². The zero-order valence-electron chi connectivity index (χ0n) is 24.2. The van der Waals surface area contributed by atoms with Crippen LogP contribution in [0.5, 0.6) is 5.75 Å². The Morgan fingerprint density at radius 1 is 0.881 bits per heavy atom. The van der Waals surface area contributed by atoms with Crippen molar-refractivity contribution in [2.75, 3.05) is 25.6 Å². The van der Waals surface area contributed by atoms with Crippen molar-refractivity contribution in [3.8, 4) is 5.75 Å². The van der Waals surface area contributed by atoms with Crippen molar-refractivity contribution in [3.05, 3.63) is 95.6 Å². The lowest BCUT2D eigenvalue weighted by molar-refractivity contribution is -0.141. The summed E-state index contributed by atoms with van der Waals surface area (Å²) in [6, 6.07) is 23.3. The zero-order chi connectivity index (χ0) is 29.3. The minimum atomic E-state index is -0.681. The number of anilines is 1. The van der Waals surface area contributed by atoms with Gasteiger partial charge in [0.1, 0.15) is 11.8 Å². The average molecular weight is 569 g/mol. The van der Waals surface area contributed by atoms with Crippen molar-refractivity contribution in [2.45, 2.75) is 57.0 Å². The number of esters is 1. The molecule has 3 aromatic carbocycles. The maximum Gasteiger partial charge on any atom is 0.328 e. The molecule has 0 aliphatic heterocycles. The van der Waals surface area contributed by atoms with E-state index in [1.54, 1.807) is 24.3 Å². The van der Waals surface area contributed by atoms with Gasteiger partial charge < -0.3 is 20.1 Å². The van der Waals surface area contributed by atoms with Gasteiger partial charge in [0.25, 0.3) is 0 Å². The molecule has 0 spiro atoms. The molecule has 2 N–H and O–H groups in total. The van der Waals surface area contributed by atoms with Gasteiger partial charge in [-0.2, -0.15) is 0 Å². The summed E-state index contributed by atoms with van der Waals surface area (Å²) in [7, 11) is 1.36. The number of hydrogen-bond acceptors (Lipinski definition) is 7. The Morgan fingerprint density at radius 2 is 1.60 bits per heavy atom. The molecular formula is C35H40N2O5. The van der Waals surface area contributed by atoms with Gasteiger partial charge in [-0.15, -0.1) is 0 Å². The van der Waals surface area contributed by atoms with Crippen molar-refractivity contribution in [2.24, 2.45) is 11.8 Å². The van der Waals surface area contributed by atoms with Gasteiger partial charge in [-0.25, -0.2) is 4.79 Å². The molecule has 2 unspecified atom stereocenters. The number of benzene rings is 3. The van der Waals surface area contributed by atoms with Crippen LogP contribution in [-0.2, 0) is 20.7 Å². The van der Waals surface area contributed by atoms with E-state index < -0.39 is 12.0 Å². The van der Waals surface area contributed by atoms with Crippen LogP contribution in [0.25, 0.3) is 0 Å². The van der Waals surface area contributed by atoms with Crippen LogP contribution in [0.1, 0.15) is 60.0 Å². The highest BCUT2D eigenvalue weighted by Crippen LogP contribution is 2.37. The average Bonchev–Trinajstić information content (AvgIpc) is 3.84. The molecule has 0 heterocycles. The quantitative estimate of drug-likeness (QED) is 0.132. The first-order valence-electron chi connectivity index (χ1n) is 15.1. The van der Waals surface area contributed by atoms with Crippen LogP contribution in [0.4, 0.5) is 5.69 Å². The topological polar surface area (TPSA) is 93.7 Å². The Morgan fingerprint density at radius 3 is 2.26 bits per heavy atom. The lowest BCUT2D eigenvalue weighted by atomic mass is 9.79. The van der Waals surface area contributed by atoms with Crippen molar-refractivity contribution < 1.29 is 23.9 Å². The predicted octanol–water partition coefficient (Wildman–Crippen LogP) is 5.62. The number of nitrogens with one attached hydrogen (secondary N) is 2. The molecule has 0 amide bonds. The van der Waals surface area contributed by atoms with Crippen LogP contribution in [0.3, 0.4) is 0 Å². The van der Waals surface area contributed by atoms with Gasteiger partial charge in [-0.05, 0) is 74.4 Å². The van der Waals surface area contributed by atoms with Crippen LogP contribution >= 0.6 is 0 Å². The lowest BCUT2D eigenvalue weighted by Crippen LogP contribution is -2.44. The van der Waals surface area contributed by atoms with E-state index in [0.717, 1.165) is 50.0 Å². The molecular weight excluding hydrogens is 528 g/mol. The van der Waals surface area contributed by atoms with Crippen molar-refractivity contribution >= 4 is 23.2 Å². The molecule has 7 nitrogen and oxygen atoms in total. The number of ketones is 2. The first-order valence-corrected chi connectivity index (χ1v) is 15.1. The van der Waals surface area contributed by atoms with Gasteiger partial charge in [0.05, 0.1) is 19.8 Å². The Kier molecular flexibility index (Phi) is 10.0. The second-order valence-corrected chi connectivity index (χ2v) is 11.3. The van der Waals surface area contributed by atoms with E-state index in [1.165, 1.54) is 13.5 Å². The molecule has 2 atom stereocenters. The van der Waals surface area contributed by atoms with Crippen molar-refractivity contribution in [3.63, 3.8) is 0 Å². The van der Waals surface area contributed by atoms with E-state index in [9.17, 15) is 14.4 Å². The summed E-state index contributed by atoms with van der Waals surface area (Å²) in [4.78, 5) is 38.6. The second-order valence-electron chi connectivity index (χ2n) is 11.3. The molecule has 2 saturated carbocycles. The summed E-state index contributed by atoms with van der Waals surface area (Å²) in [6.45, 7) is 1.32. The van der Waals surface area contributed by atoms with E-state index in [0.29, 0.717) is 41.5 Å². The first kappa shape index (κ1) is 29.5. The highest BCUT2D eigenvalue weighted by Gasteiger charge is 2.40. The van der Waals surface area contributed by atoms with Gasteiger partial charge in [-0.3, -0.25) is 9.59 Å². The monoisotopic (exact) mass is 568 g/mol. The summed E-state index contributed by atoms with van der Waals surface area (Å²) >= 11 is 0. The Balaban J connectivity index is 1.13. The molecule has 0 bridgehead atoms. The SMILES string of the molecule is COC(=O)C(Cc1ccc(OCCCNC(C(=O)C2CCC2)C2CC2)cc1)Nc1ccccc1C(=O)c1ccccc1. The number of carbonyl (C=O) groups is 3. The highest BCUT2D eigenvalue weighted by molar-refractivity contribution is 6.12. The first-order chi connectivity index (χ1) is 20.5. The van der Waals surface area contributed by atoms with Crippen LogP contribution in [0.2, 0.25) is 0 Å². The number of Topliss-reactive ketones (excluding diaryl/α,β-unsaturated/α-hetero) is 1. The summed E-state index contributed by atoms with van der Waals surface area (Å²) < 4.78 is 11.0. The molecule has 7 heteroatoms. The number of rotatable bonds is 16. The molecule has 2 aliphatic rings. The third-order valence-corrected chi connectivity index (χ3v) is 8.25. The second kappa shape index (κ2) is 14.3. The molecule has 0 radical (unpaired) electrons. The normalized spacial score (nSPS) is 16.1. The molecule has 2 fully saturated rings. The highest BCUT2D eigenvalue weighted by atomic mass is 16.5. The van der Waals surface area contributed by atoms with Crippen LogP contribution in [-0.4, -0.2) is 49.9 Å². The smallest absolute Gasteiger partial charge is 0.328 e. The van der Waals surface area contributed by atoms with Gasteiger partial charge >= 0.3 is 5.97 Å². The molecule has 0 aromatic heterocycles. The number of carbonyl (C=O) groups excluding carboxylic acids is 3. The fourth-order valence-corrected chi connectivity index (χ4v) is 5.43. The lowest BCUT2D eigenvalue weighted by Gasteiger charge is -2.29. The molecule has 42 heavy (non-hydrogen) atoms. The Labute approximate surface area is 248 Å². The predicted molar refractivity (Wildman–Crippen MR) is 163 cm³/mol. The largest absolute Gasteiger partial charge is 0.494 e. The summed E-state index contributed by atoms with van der Waals surface area (Å²) in [6.07, 6.45) is 6.80. The van der Waals surface area contributed by atoms with E-state index in [1.807, 2.05) is 54.6 Å². The van der Waals surface area contributed by atoms with Crippen molar-refractivity contribution in [1.82, 2.24) is 5.32 Å². The number of para-hydroxylation sites is 1. The van der Waals surface area contributed by atoms with Gasteiger partial charge in [0.2, 0.25) is 0 Å². The number of methoxy groups -OCH3 is 1. The van der Waals surface area contributed by atoms with E-state index in [4.69, 9.17) is 9.47 Å². The maximum atomic E-state index is 13.2. The Bertz CT molecular complexity index is 1350. The zero-order valence-corrected chi connectivity index (χ0v) is 24.2. The van der Waals surface area contributed by atoms with Gasteiger partial charge in [-0.1, -0.05) is 61.0 Å². The molecule has 0 saturated heterocycles. The molecule has 3 aromatic rings. The minimum absolute atomic E-state index is 0.0226. The molecule has 220 valence electrons. The van der Waals surface area contributed by atoms with Crippen LogP contribution in [0.15, 0.2) is 78.9 Å². The van der Waals surface area contributed by atoms with Gasteiger partial charge in [0.15, 0.2) is 11.6 Å². The van der Waals surface area contributed by atoms with Crippen molar-refractivity contribution in [1.29, 1.82) is 0 Å². The van der Waals surface area contributed by atoms with Crippen LogP contribution < -0.4 is 15.4 Å². The summed E-state index contributed by atoms with van der Waals surface area (Å²) in [5.41, 5.74) is 2.58. The third kappa shape index (κ3) is 7.65.